The van der Waals surface area contributed by atoms with Crippen LogP contribution in [0.1, 0.15) is 5.56 Å². The Kier molecular flexibility index (Phi) is 2.33. The number of hydrogen-bond donors (Lipinski definition) is 0. The zero-order valence-corrected chi connectivity index (χ0v) is 9.51. The first-order chi connectivity index (χ1) is 8.34. The Bertz CT molecular complexity index is 660. The summed E-state index contributed by atoms with van der Waals surface area (Å²) in [7, 11) is 0. The Morgan fingerprint density at radius 2 is 2.06 bits per heavy atom. The highest BCUT2D eigenvalue weighted by atomic mass is 14.8. The lowest BCUT2D eigenvalue weighted by molar-refractivity contribution is 1.26. The molecule has 3 rings (SSSR count). The van der Waals surface area contributed by atoms with Gasteiger partial charge in [0.1, 0.15) is 0 Å². The third-order valence-electron chi connectivity index (χ3n) is 2.74. The number of aromatic nitrogens is 2. The molecule has 2 nitrogen and oxygen atoms in total. The molecule has 0 unspecified atom stereocenters. The number of benzene rings is 1. The molecule has 3 aromatic rings. The summed E-state index contributed by atoms with van der Waals surface area (Å²) in [5.74, 6) is 0. The van der Waals surface area contributed by atoms with Crippen molar-refractivity contribution in [1.82, 2.24) is 9.97 Å². The van der Waals surface area contributed by atoms with E-state index < -0.39 is 0 Å². The molecule has 81 valence electrons. The number of rotatable bonds is 1. The van der Waals surface area contributed by atoms with E-state index >= 15 is 0 Å². The van der Waals surface area contributed by atoms with Crippen LogP contribution in [0.4, 0.5) is 0 Å². The second-order valence-electron chi connectivity index (χ2n) is 3.98. The lowest BCUT2D eigenvalue weighted by Crippen LogP contribution is -1.91. The van der Waals surface area contributed by atoms with Gasteiger partial charge in [0, 0.05) is 17.1 Å². The average molecular weight is 219 g/mol. The topological polar surface area (TPSA) is 25.8 Å². The SMILES string of the molecule is Cc1cc2cccnc2nc1-c1[c]cccc1. The summed E-state index contributed by atoms with van der Waals surface area (Å²) in [4.78, 5) is 8.89. The molecule has 0 aliphatic rings. The molecule has 17 heavy (non-hydrogen) atoms. The first-order valence-corrected chi connectivity index (χ1v) is 5.54. The predicted octanol–water partition coefficient (Wildman–Crippen LogP) is 3.41. The fourth-order valence-electron chi connectivity index (χ4n) is 1.92. The highest BCUT2D eigenvalue weighted by Gasteiger charge is 2.05. The summed E-state index contributed by atoms with van der Waals surface area (Å²) < 4.78 is 0. The van der Waals surface area contributed by atoms with E-state index in [1.54, 1.807) is 6.20 Å². The Morgan fingerprint density at radius 3 is 2.88 bits per heavy atom. The van der Waals surface area contributed by atoms with Crippen molar-refractivity contribution in [3.63, 3.8) is 0 Å². The van der Waals surface area contributed by atoms with Crippen LogP contribution in [-0.4, -0.2) is 9.97 Å². The van der Waals surface area contributed by atoms with Crippen molar-refractivity contribution in [2.75, 3.05) is 0 Å². The van der Waals surface area contributed by atoms with Crippen LogP contribution in [0.3, 0.4) is 0 Å². The molecule has 0 bridgehead atoms. The molecule has 0 saturated heterocycles. The van der Waals surface area contributed by atoms with Crippen LogP contribution in [0.2, 0.25) is 0 Å². The Balaban J connectivity index is 2.27. The van der Waals surface area contributed by atoms with Crippen molar-refractivity contribution in [2.24, 2.45) is 0 Å². The molecule has 0 amide bonds. The van der Waals surface area contributed by atoms with Crippen LogP contribution >= 0.6 is 0 Å². The number of nitrogens with zero attached hydrogens (tertiary/aromatic N) is 2. The first kappa shape index (κ1) is 9.97. The second-order valence-corrected chi connectivity index (χ2v) is 3.98. The van der Waals surface area contributed by atoms with Gasteiger partial charge < -0.3 is 0 Å². The van der Waals surface area contributed by atoms with Gasteiger partial charge in [0.2, 0.25) is 0 Å². The summed E-state index contributed by atoms with van der Waals surface area (Å²) in [6.07, 6.45) is 1.77. The molecule has 0 aliphatic heterocycles. The van der Waals surface area contributed by atoms with Gasteiger partial charge in [-0.2, -0.15) is 0 Å². The molecule has 0 fully saturated rings. The van der Waals surface area contributed by atoms with Gasteiger partial charge in [-0.25, -0.2) is 9.97 Å². The molecule has 0 N–H and O–H groups in total. The van der Waals surface area contributed by atoms with Crippen molar-refractivity contribution in [3.8, 4) is 11.3 Å². The van der Waals surface area contributed by atoms with Crippen molar-refractivity contribution >= 4 is 11.0 Å². The fourth-order valence-corrected chi connectivity index (χ4v) is 1.92. The van der Waals surface area contributed by atoms with E-state index in [0.717, 1.165) is 27.9 Å². The number of pyridine rings is 2. The van der Waals surface area contributed by atoms with Crippen molar-refractivity contribution in [1.29, 1.82) is 0 Å². The van der Waals surface area contributed by atoms with Gasteiger partial charge >= 0.3 is 0 Å². The third kappa shape index (κ3) is 1.78. The van der Waals surface area contributed by atoms with E-state index in [9.17, 15) is 0 Å². The molecule has 1 radical (unpaired) electrons. The molecular formula is C15H11N2. The average Bonchev–Trinajstić information content (AvgIpc) is 2.39. The van der Waals surface area contributed by atoms with Gasteiger partial charge in [0.05, 0.1) is 5.69 Å². The van der Waals surface area contributed by atoms with Crippen LogP contribution in [0.15, 0.2) is 48.7 Å². The standard InChI is InChI=1S/C15H11N2/c1-11-10-13-8-5-9-16-15(13)17-14(11)12-6-3-2-4-7-12/h2-6,8-10H,1H3. The van der Waals surface area contributed by atoms with Gasteiger partial charge in [-0.15, -0.1) is 0 Å². The molecule has 2 heteroatoms. The highest BCUT2D eigenvalue weighted by molar-refractivity contribution is 5.79. The molecule has 2 aromatic heterocycles. The molecule has 0 saturated carbocycles. The quantitative estimate of drug-likeness (QED) is 0.626. The monoisotopic (exact) mass is 219 g/mol. The summed E-state index contributed by atoms with van der Waals surface area (Å²) in [5.41, 5.74) is 3.90. The largest absolute Gasteiger partial charge is 0.237 e. The minimum atomic E-state index is 0.783. The minimum Gasteiger partial charge on any atom is -0.237 e. The van der Waals surface area contributed by atoms with Crippen LogP contribution < -0.4 is 0 Å². The van der Waals surface area contributed by atoms with Gasteiger partial charge in [-0.3, -0.25) is 0 Å². The third-order valence-corrected chi connectivity index (χ3v) is 2.74. The highest BCUT2D eigenvalue weighted by Crippen LogP contribution is 2.23. The maximum absolute atomic E-state index is 4.60. The van der Waals surface area contributed by atoms with E-state index in [4.69, 9.17) is 0 Å². The zero-order chi connectivity index (χ0) is 11.7. The van der Waals surface area contributed by atoms with Gasteiger partial charge in [-0.1, -0.05) is 24.3 Å². The Hall–Kier alpha value is -2.22. The number of hydrogen-bond acceptors (Lipinski definition) is 2. The van der Waals surface area contributed by atoms with E-state index in [-0.39, 0.29) is 0 Å². The van der Waals surface area contributed by atoms with Crippen molar-refractivity contribution < 1.29 is 0 Å². The number of fused-ring (bicyclic) bond motifs is 1. The summed E-state index contributed by atoms with van der Waals surface area (Å²) in [6, 6.07) is 17.1. The van der Waals surface area contributed by atoms with Crippen LogP contribution in [-0.2, 0) is 0 Å². The molecular weight excluding hydrogens is 208 g/mol. The lowest BCUT2D eigenvalue weighted by atomic mass is 10.1. The van der Waals surface area contributed by atoms with Gasteiger partial charge in [-0.05, 0) is 36.8 Å². The summed E-state index contributed by atoms with van der Waals surface area (Å²) in [6.45, 7) is 2.07. The minimum absolute atomic E-state index is 0.783. The Labute approximate surface area is 100.0 Å². The first-order valence-electron chi connectivity index (χ1n) is 5.54. The summed E-state index contributed by atoms with van der Waals surface area (Å²) in [5, 5.41) is 1.07. The van der Waals surface area contributed by atoms with Crippen molar-refractivity contribution in [2.45, 2.75) is 6.92 Å². The van der Waals surface area contributed by atoms with Crippen LogP contribution in [0.5, 0.6) is 0 Å². The van der Waals surface area contributed by atoms with Crippen LogP contribution in [0.25, 0.3) is 22.3 Å². The van der Waals surface area contributed by atoms with Crippen molar-refractivity contribution in [3.05, 3.63) is 60.3 Å². The van der Waals surface area contributed by atoms with Gasteiger partial charge in [0.15, 0.2) is 5.65 Å². The molecule has 0 spiro atoms. The Morgan fingerprint density at radius 1 is 1.12 bits per heavy atom. The number of aryl methyl sites for hydroxylation is 1. The van der Waals surface area contributed by atoms with Gasteiger partial charge in [0.25, 0.3) is 0 Å². The summed E-state index contributed by atoms with van der Waals surface area (Å²) >= 11 is 0. The fraction of sp³-hybridized carbons (Fsp3) is 0.0667. The van der Waals surface area contributed by atoms with E-state index in [1.165, 1.54) is 0 Å². The molecule has 2 heterocycles. The molecule has 1 aromatic carbocycles. The predicted molar refractivity (Wildman–Crippen MR) is 68.5 cm³/mol. The zero-order valence-electron chi connectivity index (χ0n) is 9.51. The maximum Gasteiger partial charge on any atom is 0.159 e. The smallest absolute Gasteiger partial charge is 0.159 e. The van der Waals surface area contributed by atoms with E-state index in [1.807, 2.05) is 36.4 Å². The normalized spacial score (nSPS) is 10.6. The van der Waals surface area contributed by atoms with E-state index in [0.29, 0.717) is 0 Å². The lowest BCUT2D eigenvalue weighted by Gasteiger charge is -2.06. The van der Waals surface area contributed by atoms with Crippen LogP contribution in [0, 0.1) is 13.0 Å². The molecule has 0 atom stereocenters. The van der Waals surface area contributed by atoms with E-state index in [2.05, 4.69) is 29.0 Å². The molecule has 0 aliphatic carbocycles. The second kappa shape index (κ2) is 3.98. The maximum atomic E-state index is 4.60.